The Morgan fingerprint density at radius 1 is 1.15 bits per heavy atom. The molecule has 0 heterocycles. The third-order valence-electron chi connectivity index (χ3n) is 2.43. The maximum atomic E-state index is 13.0. The van der Waals surface area contributed by atoms with Crippen LogP contribution in [0.5, 0.6) is 0 Å². The summed E-state index contributed by atoms with van der Waals surface area (Å²) in [5.74, 6) is -1.43. The molecule has 0 aliphatic carbocycles. The van der Waals surface area contributed by atoms with Gasteiger partial charge in [0.15, 0.2) is 0 Å². The van der Waals surface area contributed by atoms with Crippen molar-refractivity contribution in [2.45, 2.75) is 26.9 Å². The molecule has 0 radical (unpaired) electrons. The summed E-state index contributed by atoms with van der Waals surface area (Å²) in [7, 11) is 0. The second kappa shape index (κ2) is 5.94. The fourth-order valence-corrected chi connectivity index (χ4v) is 1.45. The number of rotatable bonds is 3. The number of amides is 2. The number of alkyl halides is 3. The van der Waals surface area contributed by atoms with E-state index in [0.29, 0.717) is 0 Å². The van der Waals surface area contributed by atoms with E-state index < -0.39 is 29.5 Å². The van der Waals surface area contributed by atoms with Crippen LogP contribution in [0.3, 0.4) is 0 Å². The first-order valence-corrected chi connectivity index (χ1v) is 5.91. The molecule has 0 aromatic heterocycles. The molecular weight excluding hydrogens is 273 g/mol. The van der Waals surface area contributed by atoms with E-state index in [2.05, 4.69) is 10.6 Å². The molecule has 4 nitrogen and oxygen atoms in total. The van der Waals surface area contributed by atoms with Gasteiger partial charge in [0.2, 0.25) is 11.8 Å². The van der Waals surface area contributed by atoms with Gasteiger partial charge in [0.25, 0.3) is 0 Å². The largest absolute Gasteiger partial charge is 0.418 e. The smallest absolute Gasteiger partial charge is 0.326 e. The van der Waals surface area contributed by atoms with Gasteiger partial charge in [-0.05, 0) is 18.2 Å². The highest BCUT2D eigenvalue weighted by molar-refractivity contribution is 5.94. The van der Waals surface area contributed by atoms with Gasteiger partial charge in [-0.25, -0.2) is 0 Å². The van der Waals surface area contributed by atoms with Crippen LogP contribution in [0.4, 0.5) is 24.5 Å². The van der Waals surface area contributed by atoms with Gasteiger partial charge in [0, 0.05) is 18.5 Å². The van der Waals surface area contributed by atoms with Crippen molar-refractivity contribution < 1.29 is 22.8 Å². The van der Waals surface area contributed by atoms with Crippen molar-refractivity contribution in [3.05, 3.63) is 23.8 Å². The Morgan fingerprint density at radius 3 is 2.20 bits per heavy atom. The van der Waals surface area contributed by atoms with Crippen molar-refractivity contribution in [2.24, 2.45) is 5.92 Å². The summed E-state index contributed by atoms with van der Waals surface area (Å²) in [5, 5.41) is 4.49. The minimum Gasteiger partial charge on any atom is -0.326 e. The average molecular weight is 288 g/mol. The fraction of sp³-hybridized carbons (Fsp3) is 0.385. The lowest BCUT2D eigenvalue weighted by molar-refractivity contribution is -0.137. The quantitative estimate of drug-likeness (QED) is 0.897. The molecule has 0 fully saturated rings. The number of anilines is 2. The minimum atomic E-state index is -4.63. The molecule has 0 atom stereocenters. The van der Waals surface area contributed by atoms with E-state index >= 15 is 0 Å². The zero-order chi connectivity index (χ0) is 15.5. The molecule has 2 N–H and O–H groups in total. The molecule has 110 valence electrons. The molecule has 0 aliphatic heterocycles. The Kier molecular flexibility index (Phi) is 4.75. The topological polar surface area (TPSA) is 58.2 Å². The molecule has 0 aliphatic rings. The van der Waals surface area contributed by atoms with Crippen LogP contribution >= 0.6 is 0 Å². The minimum absolute atomic E-state index is 0.0207. The first-order chi connectivity index (χ1) is 9.11. The Morgan fingerprint density at radius 2 is 1.75 bits per heavy atom. The standard InChI is InChI=1S/C13H15F3N2O2/c1-7(2)12(20)18-11-5-4-9(17-8(3)19)6-10(11)13(14,15)16/h4-7H,1-3H3,(H,17,19)(H,18,20). The number of carbonyl (C=O) groups is 2. The van der Waals surface area contributed by atoms with Crippen LogP contribution in [0.25, 0.3) is 0 Å². The van der Waals surface area contributed by atoms with Gasteiger partial charge in [-0.15, -0.1) is 0 Å². The Labute approximate surface area is 114 Å². The summed E-state index contributed by atoms with van der Waals surface area (Å²) in [4.78, 5) is 22.4. The summed E-state index contributed by atoms with van der Waals surface area (Å²) in [6.07, 6.45) is -4.63. The van der Waals surface area contributed by atoms with Crippen molar-refractivity contribution in [1.29, 1.82) is 0 Å². The number of hydrogen-bond acceptors (Lipinski definition) is 2. The normalized spacial score (nSPS) is 11.3. The number of hydrogen-bond donors (Lipinski definition) is 2. The van der Waals surface area contributed by atoms with E-state index in [0.717, 1.165) is 12.1 Å². The highest BCUT2D eigenvalue weighted by atomic mass is 19.4. The van der Waals surface area contributed by atoms with Crippen LogP contribution in [0.1, 0.15) is 26.3 Å². The summed E-state index contributed by atoms with van der Waals surface area (Å²) in [6.45, 7) is 4.35. The van der Waals surface area contributed by atoms with Gasteiger partial charge in [0.05, 0.1) is 11.3 Å². The highest BCUT2D eigenvalue weighted by Gasteiger charge is 2.34. The summed E-state index contributed by atoms with van der Waals surface area (Å²) >= 11 is 0. The van der Waals surface area contributed by atoms with Crippen LogP contribution in [0.2, 0.25) is 0 Å². The molecule has 2 amide bonds. The Balaban J connectivity index is 3.17. The molecule has 0 saturated heterocycles. The summed E-state index contributed by atoms with van der Waals surface area (Å²) in [6, 6.07) is 3.21. The van der Waals surface area contributed by atoms with E-state index in [9.17, 15) is 22.8 Å². The molecule has 0 saturated carbocycles. The Hall–Kier alpha value is -2.05. The fourth-order valence-electron chi connectivity index (χ4n) is 1.45. The Bertz CT molecular complexity index is 525. The van der Waals surface area contributed by atoms with E-state index in [-0.39, 0.29) is 11.4 Å². The number of halogens is 3. The second-order valence-electron chi connectivity index (χ2n) is 4.58. The first-order valence-electron chi connectivity index (χ1n) is 5.91. The van der Waals surface area contributed by atoms with Crippen LogP contribution in [0, 0.1) is 5.92 Å². The molecule has 7 heteroatoms. The maximum absolute atomic E-state index is 13.0. The van der Waals surface area contributed by atoms with Gasteiger partial charge >= 0.3 is 6.18 Å². The van der Waals surface area contributed by atoms with Crippen LogP contribution in [-0.2, 0) is 15.8 Å². The third kappa shape index (κ3) is 4.25. The van der Waals surface area contributed by atoms with Gasteiger partial charge in [0.1, 0.15) is 0 Å². The molecule has 0 unspecified atom stereocenters. The molecular formula is C13H15F3N2O2. The average Bonchev–Trinajstić information content (AvgIpc) is 2.28. The van der Waals surface area contributed by atoms with Gasteiger partial charge < -0.3 is 10.6 Å². The monoisotopic (exact) mass is 288 g/mol. The predicted octanol–water partition coefficient (Wildman–Crippen LogP) is 3.26. The molecule has 0 spiro atoms. The molecule has 20 heavy (non-hydrogen) atoms. The lowest BCUT2D eigenvalue weighted by Gasteiger charge is -2.16. The zero-order valence-corrected chi connectivity index (χ0v) is 11.3. The van der Waals surface area contributed by atoms with Crippen molar-refractivity contribution in [2.75, 3.05) is 10.6 Å². The van der Waals surface area contributed by atoms with Crippen molar-refractivity contribution in [3.8, 4) is 0 Å². The van der Waals surface area contributed by atoms with Crippen LogP contribution in [0.15, 0.2) is 18.2 Å². The van der Waals surface area contributed by atoms with E-state index in [1.807, 2.05) is 0 Å². The first kappa shape index (κ1) is 16.0. The van der Waals surface area contributed by atoms with Crippen molar-refractivity contribution in [3.63, 3.8) is 0 Å². The molecule has 1 aromatic carbocycles. The van der Waals surface area contributed by atoms with Crippen LogP contribution in [-0.4, -0.2) is 11.8 Å². The molecule has 1 rings (SSSR count). The molecule has 0 bridgehead atoms. The van der Waals surface area contributed by atoms with Crippen LogP contribution < -0.4 is 10.6 Å². The number of benzene rings is 1. The van der Waals surface area contributed by atoms with Gasteiger partial charge in [-0.1, -0.05) is 13.8 Å². The number of carbonyl (C=O) groups excluding carboxylic acids is 2. The second-order valence-corrected chi connectivity index (χ2v) is 4.58. The van der Waals surface area contributed by atoms with E-state index in [1.54, 1.807) is 13.8 Å². The third-order valence-corrected chi connectivity index (χ3v) is 2.43. The number of nitrogens with one attached hydrogen (secondary N) is 2. The van der Waals surface area contributed by atoms with Crippen molar-refractivity contribution in [1.82, 2.24) is 0 Å². The predicted molar refractivity (Wildman–Crippen MR) is 69.2 cm³/mol. The SMILES string of the molecule is CC(=O)Nc1ccc(NC(=O)C(C)C)c(C(F)(F)F)c1. The van der Waals surface area contributed by atoms with Gasteiger partial charge in [-0.3, -0.25) is 9.59 Å². The van der Waals surface area contributed by atoms with E-state index in [1.165, 1.54) is 13.0 Å². The van der Waals surface area contributed by atoms with Gasteiger partial charge in [-0.2, -0.15) is 13.2 Å². The summed E-state index contributed by atoms with van der Waals surface area (Å²) in [5.41, 5.74) is -1.31. The zero-order valence-electron chi connectivity index (χ0n) is 11.3. The lowest BCUT2D eigenvalue weighted by Crippen LogP contribution is -2.21. The van der Waals surface area contributed by atoms with Crippen molar-refractivity contribution >= 4 is 23.2 Å². The maximum Gasteiger partial charge on any atom is 0.418 e. The lowest BCUT2D eigenvalue weighted by atomic mass is 10.1. The molecule has 1 aromatic rings. The van der Waals surface area contributed by atoms with E-state index in [4.69, 9.17) is 0 Å². The highest BCUT2D eigenvalue weighted by Crippen LogP contribution is 2.36. The summed E-state index contributed by atoms with van der Waals surface area (Å²) < 4.78 is 38.9.